The number of rotatable bonds is 2. The number of terminal acetylenes is 1. The van der Waals surface area contributed by atoms with E-state index in [0.29, 0.717) is 12.0 Å². The van der Waals surface area contributed by atoms with E-state index in [1.54, 1.807) is 0 Å². The molecule has 0 bridgehead atoms. The summed E-state index contributed by atoms with van der Waals surface area (Å²) in [6, 6.07) is 0. The topological polar surface area (TPSA) is 12.5 Å². The van der Waals surface area contributed by atoms with E-state index in [1.807, 2.05) is 0 Å². The van der Waals surface area contributed by atoms with Gasteiger partial charge in [0.2, 0.25) is 0 Å². The van der Waals surface area contributed by atoms with Gasteiger partial charge in [0.05, 0.1) is 12.7 Å². The van der Waals surface area contributed by atoms with Gasteiger partial charge in [-0.3, -0.25) is 0 Å². The van der Waals surface area contributed by atoms with Crippen molar-refractivity contribution in [2.45, 2.75) is 19.4 Å². The second-order valence-electron chi connectivity index (χ2n) is 2.26. The van der Waals surface area contributed by atoms with Crippen LogP contribution in [0.1, 0.15) is 13.3 Å². The van der Waals surface area contributed by atoms with Crippen LogP contribution in [0.4, 0.5) is 0 Å². The quantitative estimate of drug-likeness (QED) is 0.382. The second-order valence-corrected chi connectivity index (χ2v) is 2.26. The van der Waals surface area contributed by atoms with E-state index in [1.165, 1.54) is 0 Å². The summed E-state index contributed by atoms with van der Waals surface area (Å²) in [6.45, 7) is 3.04. The Morgan fingerprint density at radius 3 is 3.00 bits per heavy atom. The average molecular weight is 110 g/mol. The zero-order valence-corrected chi connectivity index (χ0v) is 5.05. The zero-order chi connectivity index (χ0) is 5.98. The summed E-state index contributed by atoms with van der Waals surface area (Å²) in [5.41, 5.74) is 0. The molecule has 0 aromatic carbocycles. The van der Waals surface area contributed by atoms with Gasteiger partial charge in [-0.2, -0.15) is 0 Å². The van der Waals surface area contributed by atoms with Crippen molar-refractivity contribution in [2.24, 2.45) is 5.92 Å². The smallest absolute Gasteiger partial charge is 0.0844 e. The summed E-state index contributed by atoms with van der Waals surface area (Å²) in [6.07, 6.45) is 6.42. The lowest BCUT2D eigenvalue weighted by molar-refractivity contribution is 0.345. The molecule has 1 heterocycles. The van der Waals surface area contributed by atoms with E-state index in [0.717, 1.165) is 13.0 Å². The van der Waals surface area contributed by atoms with E-state index >= 15 is 0 Å². The fraction of sp³-hybridized carbons (Fsp3) is 0.714. The summed E-state index contributed by atoms with van der Waals surface area (Å²) in [4.78, 5) is 0. The van der Waals surface area contributed by atoms with Gasteiger partial charge < -0.3 is 4.74 Å². The molecule has 1 aliphatic rings. The fourth-order valence-corrected chi connectivity index (χ4v) is 0.701. The minimum absolute atomic E-state index is 0.478. The lowest BCUT2D eigenvalue weighted by atomic mass is 10.1. The predicted octanol–water partition coefficient (Wildman–Crippen LogP) is 1.04. The molecule has 1 nitrogen and oxygen atoms in total. The molecule has 2 atom stereocenters. The van der Waals surface area contributed by atoms with E-state index in [2.05, 4.69) is 12.8 Å². The molecule has 1 rings (SSSR count). The van der Waals surface area contributed by atoms with Crippen LogP contribution in [0.2, 0.25) is 0 Å². The lowest BCUT2D eigenvalue weighted by Gasteiger charge is -1.98. The van der Waals surface area contributed by atoms with Crippen molar-refractivity contribution in [2.75, 3.05) is 6.61 Å². The summed E-state index contributed by atoms with van der Waals surface area (Å²) in [7, 11) is 0. The van der Waals surface area contributed by atoms with Gasteiger partial charge in [0, 0.05) is 6.42 Å². The van der Waals surface area contributed by atoms with Gasteiger partial charge in [-0.15, -0.1) is 12.3 Å². The number of ether oxygens (including phenoxy) is 1. The molecule has 1 heteroatoms. The molecule has 0 aromatic rings. The SMILES string of the molecule is C#CC[C@@H](C)[C@@H]1CO1. The van der Waals surface area contributed by atoms with Gasteiger partial charge in [0.1, 0.15) is 0 Å². The zero-order valence-electron chi connectivity index (χ0n) is 5.05. The highest BCUT2D eigenvalue weighted by atomic mass is 16.6. The van der Waals surface area contributed by atoms with Crippen LogP contribution in [-0.2, 0) is 4.74 Å². The van der Waals surface area contributed by atoms with E-state index in [4.69, 9.17) is 11.2 Å². The lowest BCUT2D eigenvalue weighted by Crippen LogP contribution is -2.00. The maximum absolute atomic E-state index is 5.09. The highest BCUT2D eigenvalue weighted by molar-refractivity contribution is 4.90. The first kappa shape index (κ1) is 5.65. The molecule has 44 valence electrons. The largest absolute Gasteiger partial charge is 0.373 e. The molecule has 0 spiro atoms. The van der Waals surface area contributed by atoms with Crippen molar-refractivity contribution in [3.63, 3.8) is 0 Å². The summed E-state index contributed by atoms with van der Waals surface area (Å²) >= 11 is 0. The third-order valence-corrected chi connectivity index (χ3v) is 1.43. The molecule has 0 unspecified atom stereocenters. The van der Waals surface area contributed by atoms with Crippen molar-refractivity contribution in [1.29, 1.82) is 0 Å². The number of hydrogen-bond acceptors (Lipinski definition) is 1. The predicted molar refractivity (Wildman–Crippen MR) is 32.4 cm³/mol. The van der Waals surface area contributed by atoms with Crippen LogP contribution in [-0.4, -0.2) is 12.7 Å². The van der Waals surface area contributed by atoms with Gasteiger partial charge in [-0.25, -0.2) is 0 Å². The summed E-state index contributed by atoms with van der Waals surface area (Å²) in [5.74, 6) is 3.18. The normalized spacial score (nSPS) is 28.8. The molecule has 0 aliphatic carbocycles. The molecule has 0 N–H and O–H groups in total. The molecule has 0 saturated carbocycles. The Bertz CT molecular complexity index is 108. The maximum Gasteiger partial charge on any atom is 0.0844 e. The molecular formula is C7H10O. The number of hydrogen-bond donors (Lipinski definition) is 0. The monoisotopic (exact) mass is 110 g/mol. The van der Waals surface area contributed by atoms with Crippen molar-refractivity contribution in [1.82, 2.24) is 0 Å². The van der Waals surface area contributed by atoms with E-state index < -0.39 is 0 Å². The van der Waals surface area contributed by atoms with Crippen molar-refractivity contribution < 1.29 is 4.74 Å². The molecular weight excluding hydrogens is 100 g/mol. The summed E-state index contributed by atoms with van der Waals surface area (Å²) in [5, 5.41) is 0. The third kappa shape index (κ3) is 1.24. The van der Waals surface area contributed by atoms with Crippen LogP contribution in [0.5, 0.6) is 0 Å². The molecule has 0 radical (unpaired) electrons. The number of epoxide rings is 1. The van der Waals surface area contributed by atoms with Crippen molar-refractivity contribution in [3.05, 3.63) is 0 Å². The first-order chi connectivity index (χ1) is 3.84. The first-order valence-electron chi connectivity index (χ1n) is 2.89. The van der Waals surface area contributed by atoms with Crippen LogP contribution in [0.3, 0.4) is 0 Å². The summed E-state index contributed by atoms with van der Waals surface area (Å²) < 4.78 is 5.03. The Morgan fingerprint density at radius 2 is 2.62 bits per heavy atom. The van der Waals surface area contributed by atoms with Crippen LogP contribution < -0.4 is 0 Å². The van der Waals surface area contributed by atoms with Gasteiger partial charge in [-0.1, -0.05) is 6.92 Å². The average Bonchev–Trinajstić information content (AvgIpc) is 2.45. The van der Waals surface area contributed by atoms with Gasteiger partial charge in [0.15, 0.2) is 0 Å². The van der Waals surface area contributed by atoms with Crippen LogP contribution >= 0.6 is 0 Å². The Hall–Kier alpha value is -0.480. The van der Waals surface area contributed by atoms with E-state index in [9.17, 15) is 0 Å². The van der Waals surface area contributed by atoms with E-state index in [-0.39, 0.29) is 0 Å². The molecule has 1 aliphatic heterocycles. The molecule has 0 amide bonds. The Morgan fingerprint density at radius 1 is 2.00 bits per heavy atom. The van der Waals surface area contributed by atoms with Crippen molar-refractivity contribution in [3.8, 4) is 12.3 Å². The third-order valence-electron chi connectivity index (χ3n) is 1.43. The minimum atomic E-state index is 0.478. The fourth-order valence-electron chi connectivity index (χ4n) is 0.701. The van der Waals surface area contributed by atoms with Crippen LogP contribution in [0, 0.1) is 18.3 Å². The van der Waals surface area contributed by atoms with Crippen LogP contribution in [0.15, 0.2) is 0 Å². The molecule has 0 aromatic heterocycles. The van der Waals surface area contributed by atoms with Gasteiger partial charge >= 0.3 is 0 Å². The second kappa shape index (κ2) is 2.19. The maximum atomic E-state index is 5.09. The Kier molecular flexibility index (Phi) is 1.55. The highest BCUT2D eigenvalue weighted by Gasteiger charge is 2.28. The molecule has 8 heavy (non-hydrogen) atoms. The molecule has 1 saturated heterocycles. The Balaban J connectivity index is 2.15. The standard InChI is InChI=1S/C7H10O/c1-3-4-6(2)7-5-8-7/h1,6-7H,4-5H2,2H3/t6-,7+/m1/s1. The van der Waals surface area contributed by atoms with Crippen molar-refractivity contribution >= 4 is 0 Å². The minimum Gasteiger partial charge on any atom is -0.373 e. The Labute approximate surface area is 50.0 Å². The first-order valence-corrected chi connectivity index (χ1v) is 2.89. The van der Waals surface area contributed by atoms with Gasteiger partial charge in [-0.05, 0) is 5.92 Å². The van der Waals surface area contributed by atoms with Gasteiger partial charge in [0.25, 0.3) is 0 Å². The highest BCUT2D eigenvalue weighted by Crippen LogP contribution is 2.21. The molecule has 1 fully saturated rings. The van der Waals surface area contributed by atoms with Crippen LogP contribution in [0.25, 0.3) is 0 Å².